The lowest BCUT2D eigenvalue weighted by Gasteiger charge is -2.24. The second-order valence-corrected chi connectivity index (χ2v) is 4.85. The highest BCUT2D eigenvalue weighted by Crippen LogP contribution is 2.20. The molecule has 98 valence electrons. The molecule has 0 spiro atoms. The summed E-state index contributed by atoms with van der Waals surface area (Å²) in [5.74, 6) is -0.0850. The van der Waals surface area contributed by atoms with Crippen molar-refractivity contribution in [2.24, 2.45) is 5.41 Å². The Bertz CT molecular complexity index is 259. The van der Waals surface area contributed by atoms with Crippen LogP contribution < -0.4 is 10.6 Å². The van der Waals surface area contributed by atoms with Crippen LogP contribution in [0.15, 0.2) is 0 Å². The van der Waals surface area contributed by atoms with Gasteiger partial charge in [0, 0.05) is 19.7 Å². The smallest absolute Gasteiger partial charge is 0.233 e. The van der Waals surface area contributed by atoms with Crippen LogP contribution in [0.25, 0.3) is 0 Å². The van der Waals surface area contributed by atoms with Gasteiger partial charge in [0.2, 0.25) is 5.91 Å². The topological polar surface area (TPSA) is 85.2 Å². The summed E-state index contributed by atoms with van der Waals surface area (Å²) in [6, 6.07) is 1.97. The predicted octanol–water partition coefficient (Wildman–Crippen LogP) is 0.405. The molecule has 0 atom stereocenters. The van der Waals surface area contributed by atoms with Gasteiger partial charge in [-0.05, 0) is 18.3 Å². The molecule has 0 aromatic rings. The Balaban J connectivity index is 3.61. The average molecular weight is 241 g/mol. The standard InChI is InChI=1S/C12H23N3O2/c1-12(2,5-3-8-16)10-14-9-11(17)15-7-4-6-13/h14,16H,3-5,7-10H2,1-2H3,(H,15,17). The van der Waals surface area contributed by atoms with Gasteiger partial charge in [-0.25, -0.2) is 0 Å². The normalized spacial score (nSPS) is 10.9. The molecule has 1 amide bonds. The van der Waals surface area contributed by atoms with Gasteiger partial charge in [0.15, 0.2) is 0 Å². The fourth-order valence-corrected chi connectivity index (χ4v) is 1.48. The highest BCUT2D eigenvalue weighted by molar-refractivity contribution is 5.77. The van der Waals surface area contributed by atoms with E-state index >= 15 is 0 Å². The Labute approximate surface area is 103 Å². The third-order valence-corrected chi connectivity index (χ3v) is 2.46. The number of hydrogen-bond acceptors (Lipinski definition) is 4. The van der Waals surface area contributed by atoms with Crippen molar-refractivity contribution < 1.29 is 9.90 Å². The van der Waals surface area contributed by atoms with Crippen LogP contribution in [0, 0.1) is 16.7 Å². The highest BCUT2D eigenvalue weighted by Gasteiger charge is 2.16. The van der Waals surface area contributed by atoms with E-state index in [1.807, 2.05) is 6.07 Å². The molecule has 0 unspecified atom stereocenters. The monoisotopic (exact) mass is 241 g/mol. The Morgan fingerprint density at radius 1 is 1.47 bits per heavy atom. The minimum atomic E-state index is -0.0850. The molecule has 0 rings (SSSR count). The number of rotatable bonds is 9. The summed E-state index contributed by atoms with van der Waals surface area (Å²) in [6.45, 7) is 5.82. The largest absolute Gasteiger partial charge is 0.396 e. The van der Waals surface area contributed by atoms with E-state index in [1.165, 1.54) is 0 Å². The molecule has 0 aromatic heterocycles. The van der Waals surface area contributed by atoms with Crippen LogP contribution in [0.2, 0.25) is 0 Å². The summed E-state index contributed by atoms with van der Waals surface area (Å²) in [5.41, 5.74) is 0.0790. The minimum Gasteiger partial charge on any atom is -0.396 e. The van der Waals surface area contributed by atoms with Crippen molar-refractivity contribution in [1.82, 2.24) is 10.6 Å². The molecule has 0 aliphatic rings. The molecule has 17 heavy (non-hydrogen) atoms. The summed E-state index contributed by atoms with van der Waals surface area (Å²) >= 11 is 0. The van der Waals surface area contributed by atoms with E-state index in [1.54, 1.807) is 0 Å². The maximum atomic E-state index is 11.3. The van der Waals surface area contributed by atoms with Crippen molar-refractivity contribution in [1.29, 1.82) is 5.26 Å². The van der Waals surface area contributed by atoms with Crippen molar-refractivity contribution in [3.8, 4) is 6.07 Å². The molecule has 3 N–H and O–H groups in total. The Hall–Kier alpha value is -1.12. The van der Waals surface area contributed by atoms with Gasteiger partial charge in [-0.15, -0.1) is 0 Å². The van der Waals surface area contributed by atoms with Crippen LogP contribution >= 0.6 is 0 Å². The number of carbonyl (C=O) groups excluding carboxylic acids is 1. The molecule has 0 radical (unpaired) electrons. The van der Waals surface area contributed by atoms with Crippen LogP contribution in [0.3, 0.4) is 0 Å². The molecule has 5 nitrogen and oxygen atoms in total. The summed E-state index contributed by atoms with van der Waals surface area (Å²) < 4.78 is 0. The molecule has 0 fully saturated rings. The average Bonchev–Trinajstić information content (AvgIpc) is 2.26. The molecule has 0 heterocycles. The van der Waals surface area contributed by atoms with Gasteiger partial charge in [0.25, 0.3) is 0 Å². The summed E-state index contributed by atoms with van der Waals surface area (Å²) in [5, 5.41) is 22.8. The predicted molar refractivity (Wildman–Crippen MR) is 66.2 cm³/mol. The third kappa shape index (κ3) is 9.79. The van der Waals surface area contributed by atoms with Crippen molar-refractivity contribution in [3.05, 3.63) is 0 Å². The molecule has 0 aliphatic heterocycles. The first-order chi connectivity index (χ1) is 8.02. The number of carbonyl (C=O) groups is 1. The Kier molecular flexibility index (Phi) is 8.38. The zero-order valence-electron chi connectivity index (χ0n) is 10.8. The Morgan fingerprint density at radius 2 is 2.18 bits per heavy atom. The van der Waals surface area contributed by atoms with Gasteiger partial charge in [-0.1, -0.05) is 13.8 Å². The molecule has 0 saturated heterocycles. The number of aliphatic hydroxyl groups is 1. The van der Waals surface area contributed by atoms with E-state index in [0.717, 1.165) is 19.4 Å². The molecule has 0 aromatic carbocycles. The molecule has 5 heteroatoms. The number of nitriles is 1. The van der Waals surface area contributed by atoms with Gasteiger partial charge >= 0.3 is 0 Å². The summed E-state index contributed by atoms with van der Waals surface area (Å²) in [7, 11) is 0. The first-order valence-corrected chi connectivity index (χ1v) is 5.97. The van der Waals surface area contributed by atoms with Gasteiger partial charge in [0.05, 0.1) is 19.0 Å². The fourth-order valence-electron chi connectivity index (χ4n) is 1.48. The van der Waals surface area contributed by atoms with Crippen LogP contribution in [-0.4, -0.2) is 37.3 Å². The van der Waals surface area contributed by atoms with E-state index < -0.39 is 0 Å². The summed E-state index contributed by atoms with van der Waals surface area (Å²) in [6.07, 6.45) is 2.04. The third-order valence-electron chi connectivity index (χ3n) is 2.46. The van der Waals surface area contributed by atoms with Crippen molar-refractivity contribution in [2.75, 3.05) is 26.2 Å². The van der Waals surface area contributed by atoms with E-state index in [9.17, 15) is 4.79 Å². The van der Waals surface area contributed by atoms with Crippen LogP contribution in [0.1, 0.15) is 33.1 Å². The van der Waals surface area contributed by atoms with Gasteiger partial charge < -0.3 is 15.7 Å². The zero-order chi connectivity index (χ0) is 13.1. The Morgan fingerprint density at radius 3 is 2.76 bits per heavy atom. The molecular formula is C12H23N3O2. The first-order valence-electron chi connectivity index (χ1n) is 5.97. The molecule has 0 saturated carbocycles. The maximum absolute atomic E-state index is 11.3. The quantitative estimate of drug-likeness (QED) is 0.510. The van der Waals surface area contributed by atoms with Crippen molar-refractivity contribution >= 4 is 5.91 Å². The lowest BCUT2D eigenvalue weighted by atomic mass is 9.88. The van der Waals surface area contributed by atoms with Crippen LogP contribution in [-0.2, 0) is 4.79 Å². The number of amides is 1. The lowest BCUT2D eigenvalue weighted by molar-refractivity contribution is -0.120. The highest BCUT2D eigenvalue weighted by atomic mass is 16.2. The lowest BCUT2D eigenvalue weighted by Crippen LogP contribution is -2.38. The van der Waals surface area contributed by atoms with E-state index in [-0.39, 0.29) is 24.5 Å². The molecular weight excluding hydrogens is 218 g/mol. The number of nitrogens with one attached hydrogen (secondary N) is 2. The van der Waals surface area contributed by atoms with E-state index in [2.05, 4.69) is 24.5 Å². The van der Waals surface area contributed by atoms with Gasteiger partial charge in [-0.2, -0.15) is 5.26 Å². The maximum Gasteiger partial charge on any atom is 0.233 e. The first kappa shape index (κ1) is 15.9. The van der Waals surface area contributed by atoms with E-state index in [0.29, 0.717) is 13.0 Å². The zero-order valence-corrected chi connectivity index (χ0v) is 10.8. The van der Waals surface area contributed by atoms with Crippen molar-refractivity contribution in [2.45, 2.75) is 33.1 Å². The molecule has 0 bridgehead atoms. The van der Waals surface area contributed by atoms with Gasteiger partial charge in [-0.3, -0.25) is 4.79 Å². The SMILES string of the molecule is CC(C)(CCCO)CNCC(=O)NCCC#N. The molecule has 0 aliphatic carbocycles. The van der Waals surface area contributed by atoms with Crippen LogP contribution in [0.4, 0.5) is 0 Å². The van der Waals surface area contributed by atoms with Crippen LogP contribution in [0.5, 0.6) is 0 Å². The van der Waals surface area contributed by atoms with Gasteiger partial charge in [0.1, 0.15) is 0 Å². The van der Waals surface area contributed by atoms with E-state index in [4.69, 9.17) is 10.4 Å². The minimum absolute atomic E-state index is 0.0790. The number of hydrogen-bond donors (Lipinski definition) is 3. The number of nitrogens with zero attached hydrogens (tertiary/aromatic N) is 1. The summed E-state index contributed by atoms with van der Waals surface area (Å²) in [4.78, 5) is 11.3. The van der Waals surface area contributed by atoms with Crippen molar-refractivity contribution in [3.63, 3.8) is 0 Å². The number of aliphatic hydroxyl groups excluding tert-OH is 1. The second kappa shape index (κ2) is 8.97. The fraction of sp³-hybridized carbons (Fsp3) is 0.833. The second-order valence-electron chi connectivity index (χ2n) is 4.85.